The average molecular weight is 425 g/mol. The number of anilines is 1. The van der Waals surface area contributed by atoms with E-state index in [0.29, 0.717) is 41.8 Å². The van der Waals surface area contributed by atoms with Crippen molar-refractivity contribution < 1.29 is 0 Å². The second kappa shape index (κ2) is 7.93. The van der Waals surface area contributed by atoms with E-state index in [4.69, 9.17) is 5.53 Å². The largest absolute Gasteiger partial charge is 0.330 e. The van der Waals surface area contributed by atoms with Crippen molar-refractivity contribution >= 4 is 23.7 Å². The lowest BCUT2D eigenvalue weighted by Gasteiger charge is -2.07. The number of azide groups is 1. The number of nitrogens with one attached hydrogen (secondary N) is 2. The summed E-state index contributed by atoms with van der Waals surface area (Å²) >= 11 is 0. The molecule has 4 aromatic rings. The zero-order chi connectivity index (χ0) is 22.1. The maximum Gasteiger partial charge on any atom is 0.327 e. The zero-order valence-electron chi connectivity index (χ0n) is 17.2. The van der Waals surface area contributed by atoms with E-state index in [-0.39, 0.29) is 5.69 Å². The van der Waals surface area contributed by atoms with Crippen LogP contribution in [0.2, 0.25) is 0 Å². The van der Waals surface area contributed by atoms with Gasteiger partial charge in [0.05, 0.1) is 25.8 Å². The van der Waals surface area contributed by atoms with Crippen LogP contribution in [0.5, 0.6) is 0 Å². The van der Waals surface area contributed by atoms with Gasteiger partial charge < -0.3 is 14.9 Å². The Morgan fingerprint density at radius 1 is 1.06 bits per heavy atom. The molecule has 158 valence electrons. The molecule has 0 atom stereocenters. The fourth-order valence-electron chi connectivity index (χ4n) is 3.69. The summed E-state index contributed by atoms with van der Waals surface area (Å²) in [4.78, 5) is 27.5. The molecule has 0 amide bonds. The van der Waals surface area contributed by atoms with Crippen molar-refractivity contribution in [1.82, 2.24) is 19.1 Å². The van der Waals surface area contributed by atoms with Crippen LogP contribution in [0.3, 0.4) is 0 Å². The van der Waals surface area contributed by atoms with Crippen molar-refractivity contribution in [3.05, 3.63) is 92.5 Å². The number of H-pyrrole nitrogens is 1. The summed E-state index contributed by atoms with van der Waals surface area (Å²) in [7, 11) is 0. The Morgan fingerprint density at radius 2 is 1.78 bits per heavy atom. The molecule has 32 heavy (non-hydrogen) atoms. The van der Waals surface area contributed by atoms with Crippen molar-refractivity contribution in [1.29, 1.82) is 0 Å². The third-order valence-electron chi connectivity index (χ3n) is 5.33. The first kappa shape index (κ1) is 19.4. The fourth-order valence-corrected chi connectivity index (χ4v) is 3.69. The van der Waals surface area contributed by atoms with Gasteiger partial charge in [0.15, 0.2) is 5.82 Å². The minimum absolute atomic E-state index is 0.215. The minimum Gasteiger partial charge on any atom is -0.330 e. The van der Waals surface area contributed by atoms with Gasteiger partial charge in [-0.05, 0) is 23.6 Å². The molecule has 5 rings (SSSR count). The van der Waals surface area contributed by atoms with Crippen LogP contribution in [0.4, 0.5) is 17.3 Å². The summed E-state index contributed by atoms with van der Waals surface area (Å²) in [5.41, 5.74) is 13.3. The molecule has 10 nitrogen and oxygen atoms in total. The monoisotopic (exact) mass is 425 g/mol. The van der Waals surface area contributed by atoms with Crippen LogP contribution in [0.1, 0.15) is 16.7 Å². The summed E-state index contributed by atoms with van der Waals surface area (Å²) in [6, 6.07) is 15.4. The van der Waals surface area contributed by atoms with E-state index in [2.05, 4.69) is 30.3 Å². The van der Waals surface area contributed by atoms with E-state index in [0.717, 1.165) is 11.1 Å². The highest BCUT2D eigenvalue weighted by atomic mass is 16.1. The number of aromatic nitrogens is 4. The number of aromatic amines is 1. The maximum absolute atomic E-state index is 12.7. The van der Waals surface area contributed by atoms with Gasteiger partial charge in [0.25, 0.3) is 0 Å². The van der Waals surface area contributed by atoms with Gasteiger partial charge in [-0.1, -0.05) is 59.2 Å². The van der Waals surface area contributed by atoms with Crippen molar-refractivity contribution in [3.8, 4) is 11.4 Å². The van der Waals surface area contributed by atoms with E-state index < -0.39 is 0 Å². The molecule has 2 aromatic carbocycles. The number of fused-ring (bicyclic) bond motifs is 3. The Balaban J connectivity index is 1.48. The first-order valence-electron chi connectivity index (χ1n) is 9.99. The molecule has 0 fully saturated rings. The number of benzene rings is 2. The Labute approximate surface area is 182 Å². The highest BCUT2D eigenvalue weighted by Gasteiger charge is 2.23. The lowest BCUT2D eigenvalue weighted by molar-refractivity contribution is 0.770. The maximum atomic E-state index is 12.7. The standard InChI is InChI=1S/C22H19N9O/c1-14-2-4-16(5-3-14)11-31-21-19(27-22(31)32)18-20(24-12-25-21)30(13-26-18)10-15-6-8-17(9-7-15)28-29-23/h2-9,12-13H,10-11H2,1H3,(H,24,25)(H,27,32). The van der Waals surface area contributed by atoms with Gasteiger partial charge in [-0.2, -0.15) is 0 Å². The molecule has 3 heterocycles. The molecule has 0 bridgehead atoms. The predicted octanol–water partition coefficient (Wildman–Crippen LogP) is 4.47. The number of aryl methyl sites for hydroxylation is 1. The minimum atomic E-state index is -0.215. The van der Waals surface area contributed by atoms with Crippen LogP contribution >= 0.6 is 0 Å². The molecule has 0 saturated heterocycles. The van der Waals surface area contributed by atoms with Crippen molar-refractivity contribution in [2.75, 3.05) is 5.32 Å². The quantitative estimate of drug-likeness (QED) is 0.278. The Kier molecular flexibility index (Phi) is 4.81. The number of hydrogen-bond donors (Lipinski definition) is 2. The molecule has 0 spiro atoms. The lowest BCUT2D eigenvalue weighted by Crippen LogP contribution is -2.19. The van der Waals surface area contributed by atoms with Gasteiger partial charge in [0.1, 0.15) is 17.2 Å². The molecule has 0 radical (unpaired) electrons. The number of rotatable bonds is 5. The molecular weight excluding hydrogens is 406 g/mol. The molecule has 0 saturated carbocycles. The molecule has 2 aromatic heterocycles. The van der Waals surface area contributed by atoms with E-state index >= 15 is 0 Å². The van der Waals surface area contributed by atoms with Crippen LogP contribution in [-0.4, -0.2) is 25.4 Å². The van der Waals surface area contributed by atoms with Crippen LogP contribution in [0.25, 0.3) is 21.8 Å². The van der Waals surface area contributed by atoms with Gasteiger partial charge in [-0.25, -0.2) is 14.8 Å². The Bertz CT molecular complexity index is 1420. The highest BCUT2D eigenvalue weighted by molar-refractivity contribution is 5.90. The fraction of sp³-hybridized carbons (Fsp3) is 0.136. The summed E-state index contributed by atoms with van der Waals surface area (Å²) in [5.74, 6) is 1.26. The van der Waals surface area contributed by atoms with E-state index in [1.54, 1.807) is 29.4 Å². The summed E-state index contributed by atoms with van der Waals surface area (Å²) in [5, 5.41) is 6.72. The van der Waals surface area contributed by atoms with Gasteiger partial charge >= 0.3 is 5.69 Å². The zero-order valence-corrected chi connectivity index (χ0v) is 17.2. The van der Waals surface area contributed by atoms with Gasteiger partial charge in [0, 0.05) is 10.6 Å². The molecule has 10 heteroatoms. The second-order valence-corrected chi connectivity index (χ2v) is 7.53. The molecule has 0 unspecified atom stereocenters. The van der Waals surface area contributed by atoms with E-state index in [1.165, 1.54) is 5.56 Å². The molecular formula is C22H19N9O. The third-order valence-corrected chi connectivity index (χ3v) is 5.33. The smallest absolute Gasteiger partial charge is 0.327 e. The molecule has 1 aliphatic heterocycles. The first-order valence-corrected chi connectivity index (χ1v) is 9.99. The van der Waals surface area contributed by atoms with Crippen molar-refractivity contribution in [3.63, 3.8) is 0 Å². The molecule has 1 aliphatic rings. The SMILES string of the molecule is Cc1ccc(Cn2c3c([nH]c2=O)-c2ncn(Cc4ccc(N=[N+]=[N-])cc4)c2N=CN3)cc1. The van der Waals surface area contributed by atoms with E-state index in [9.17, 15) is 4.79 Å². The highest BCUT2D eigenvalue weighted by Crippen LogP contribution is 2.34. The van der Waals surface area contributed by atoms with Gasteiger partial charge in [-0.3, -0.25) is 4.57 Å². The van der Waals surface area contributed by atoms with Crippen LogP contribution in [0.15, 0.2) is 69.8 Å². The lowest BCUT2D eigenvalue weighted by atomic mass is 10.1. The third kappa shape index (κ3) is 3.55. The Hall–Kier alpha value is -4.56. The number of nitrogens with zero attached hydrogens (tertiary/aromatic N) is 7. The molecule has 2 N–H and O–H groups in total. The normalized spacial score (nSPS) is 11.8. The van der Waals surface area contributed by atoms with Gasteiger partial charge in [0.2, 0.25) is 0 Å². The number of hydrogen-bond acceptors (Lipinski definition) is 5. The summed E-state index contributed by atoms with van der Waals surface area (Å²) in [6.07, 6.45) is 3.28. The van der Waals surface area contributed by atoms with Crippen LogP contribution in [-0.2, 0) is 13.1 Å². The van der Waals surface area contributed by atoms with Crippen molar-refractivity contribution in [2.45, 2.75) is 20.0 Å². The number of aliphatic imine (C=N–C) groups is 1. The predicted molar refractivity (Wildman–Crippen MR) is 123 cm³/mol. The second-order valence-electron chi connectivity index (χ2n) is 7.53. The number of imidazole rings is 2. The van der Waals surface area contributed by atoms with E-state index in [1.807, 2.05) is 47.9 Å². The summed E-state index contributed by atoms with van der Waals surface area (Å²) < 4.78 is 3.55. The van der Waals surface area contributed by atoms with Crippen molar-refractivity contribution in [2.24, 2.45) is 10.1 Å². The Morgan fingerprint density at radius 3 is 2.53 bits per heavy atom. The summed E-state index contributed by atoms with van der Waals surface area (Å²) in [6.45, 7) is 2.99. The van der Waals surface area contributed by atoms with Crippen LogP contribution < -0.4 is 11.0 Å². The van der Waals surface area contributed by atoms with Crippen LogP contribution in [0, 0.1) is 6.92 Å². The molecule has 0 aliphatic carbocycles. The first-order chi connectivity index (χ1) is 15.6. The van der Waals surface area contributed by atoms with Gasteiger partial charge in [-0.15, -0.1) is 0 Å². The average Bonchev–Trinajstić information content (AvgIpc) is 3.26. The topological polar surface area (TPSA) is 129 Å².